The first kappa shape index (κ1) is 17.1. The summed E-state index contributed by atoms with van der Waals surface area (Å²) >= 11 is 0. The van der Waals surface area contributed by atoms with E-state index in [0.29, 0.717) is 31.3 Å². The molecule has 0 atom stereocenters. The highest BCUT2D eigenvalue weighted by Gasteiger charge is 2.17. The van der Waals surface area contributed by atoms with E-state index in [9.17, 15) is 0 Å². The van der Waals surface area contributed by atoms with Gasteiger partial charge in [-0.2, -0.15) is 4.98 Å². The first-order valence-electron chi connectivity index (χ1n) is 8.66. The van der Waals surface area contributed by atoms with E-state index in [-0.39, 0.29) is 0 Å². The Balaban J connectivity index is 1.71. The van der Waals surface area contributed by atoms with Crippen molar-refractivity contribution < 1.29 is 9.26 Å². The topological polar surface area (TPSA) is 78.9 Å². The van der Waals surface area contributed by atoms with Crippen LogP contribution in [0.4, 0.5) is 0 Å². The lowest BCUT2D eigenvalue weighted by molar-refractivity contribution is 0.192. The van der Waals surface area contributed by atoms with E-state index in [1.54, 1.807) is 19.6 Å². The van der Waals surface area contributed by atoms with Crippen molar-refractivity contribution in [3.05, 3.63) is 72.9 Å². The van der Waals surface area contributed by atoms with Gasteiger partial charge < -0.3 is 13.8 Å². The van der Waals surface area contributed by atoms with Gasteiger partial charge in [-0.05, 0) is 12.1 Å². The van der Waals surface area contributed by atoms with Gasteiger partial charge in [-0.25, -0.2) is 4.98 Å². The van der Waals surface area contributed by atoms with Crippen LogP contribution in [-0.4, -0.2) is 38.4 Å². The third-order valence-corrected chi connectivity index (χ3v) is 4.16. The number of benzene rings is 1. The van der Waals surface area contributed by atoms with E-state index in [0.717, 1.165) is 22.5 Å². The first-order chi connectivity index (χ1) is 13.3. The number of aromatic nitrogens is 5. The number of methoxy groups -OCH3 is 1. The lowest BCUT2D eigenvalue weighted by Crippen LogP contribution is -2.03. The van der Waals surface area contributed by atoms with Crippen LogP contribution >= 0.6 is 0 Å². The van der Waals surface area contributed by atoms with Gasteiger partial charge in [0.15, 0.2) is 5.82 Å². The molecular formula is C20H19N5O2. The molecule has 0 bridgehead atoms. The molecule has 27 heavy (non-hydrogen) atoms. The molecule has 3 heterocycles. The molecule has 7 nitrogen and oxygen atoms in total. The molecule has 0 fully saturated rings. The van der Waals surface area contributed by atoms with Crippen molar-refractivity contribution >= 4 is 0 Å². The maximum Gasteiger partial charge on any atom is 0.229 e. The third-order valence-electron chi connectivity index (χ3n) is 4.16. The summed E-state index contributed by atoms with van der Waals surface area (Å²) in [6.07, 6.45) is 5.99. The van der Waals surface area contributed by atoms with Gasteiger partial charge in [0.2, 0.25) is 5.89 Å². The second kappa shape index (κ2) is 7.92. The van der Waals surface area contributed by atoms with Crippen LogP contribution in [0.5, 0.6) is 0 Å². The predicted molar refractivity (Wildman–Crippen MR) is 99.9 cm³/mol. The second-order valence-electron chi connectivity index (χ2n) is 6.02. The molecule has 0 amide bonds. The minimum Gasteiger partial charge on any atom is -0.384 e. The van der Waals surface area contributed by atoms with Gasteiger partial charge in [0, 0.05) is 30.6 Å². The summed E-state index contributed by atoms with van der Waals surface area (Å²) < 4.78 is 12.4. The Hall–Kier alpha value is -3.32. The van der Waals surface area contributed by atoms with Crippen LogP contribution in [0, 0.1) is 0 Å². The van der Waals surface area contributed by atoms with Crippen molar-refractivity contribution in [2.24, 2.45) is 0 Å². The highest BCUT2D eigenvalue weighted by atomic mass is 16.5. The van der Waals surface area contributed by atoms with Crippen molar-refractivity contribution in [2.75, 3.05) is 13.7 Å². The summed E-state index contributed by atoms with van der Waals surface area (Å²) in [5.74, 6) is 1.17. The van der Waals surface area contributed by atoms with E-state index in [2.05, 4.69) is 20.1 Å². The molecule has 3 aromatic heterocycles. The minimum absolute atomic E-state index is 0.459. The standard InChI is InChI=1S/C20H19N5O2/c1-26-11-9-18-23-17(24-27-18)13-25-14-22-19(15-6-3-2-4-7-15)20(25)16-8-5-10-21-12-16/h2-8,10,12,14H,9,11,13H2,1H3. The second-order valence-corrected chi connectivity index (χ2v) is 6.02. The van der Waals surface area contributed by atoms with Crippen molar-refractivity contribution in [3.8, 4) is 22.5 Å². The van der Waals surface area contributed by atoms with Gasteiger partial charge in [-0.1, -0.05) is 35.5 Å². The van der Waals surface area contributed by atoms with E-state index in [4.69, 9.17) is 9.26 Å². The smallest absolute Gasteiger partial charge is 0.229 e. The maximum absolute atomic E-state index is 5.29. The van der Waals surface area contributed by atoms with Crippen molar-refractivity contribution in [2.45, 2.75) is 13.0 Å². The Bertz CT molecular complexity index is 996. The number of nitrogens with zero attached hydrogens (tertiary/aromatic N) is 5. The zero-order valence-electron chi connectivity index (χ0n) is 14.9. The van der Waals surface area contributed by atoms with Crippen molar-refractivity contribution in [3.63, 3.8) is 0 Å². The van der Waals surface area contributed by atoms with Crippen LogP contribution in [0.3, 0.4) is 0 Å². The Labute approximate surface area is 156 Å². The number of rotatable bonds is 7. The molecule has 0 aliphatic carbocycles. The number of pyridine rings is 1. The summed E-state index contributed by atoms with van der Waals surface area (Å²) in [4.78, 5) is 13.3. The molecule has 0 saturated heterocycles. The number of imidazole rings is 1. The monoisotopic (exact) mass is 361 g/mol. The zero-order valence-corrected chi connectivity index (χ0v) is 14.9. The highest BCUT2D eigenvalue weighted by Crippen LogP contribution is 2.31. The van der Waals surface area contributed by atoms with Gasteiger partial charge in [-0.3, -0.25) is 4.98 Å². The van der Waals surface area contributed by atoms with Crippen molar-refractivity contribution in [1.82, 2.24) is 24.7 Å². The minimum atomic E-state index is 0.459. The summed E-state index contributed by atoms with van der Waals surface area (Å²) in [6, 6.07) is 14.0. The van der Waals surface area contributed by atoms with Gasteiger partial charge in [-0.15, -0.1) is 0 Å². The summed E-state index contributed by atoms with van der Waals surface area (Å²) in [5, 5.41) is 4.08. The quantitative estimate of drug-likeness (QED) is 0.503. The van der Waals surface area contributed by atoms with Crippen LogP contribution in [-0.2, 0) is 17.7 Å². The van der Waals surface area contributed by atoms with Crippen molar-refractivity contribution in [1.29, 1.82) is 0 Å². The highest BCUT2D eigenvalue weighted by molar-refractivity contribution is 5.78. The van der Waals surface area contributed by atoms with Gasteiger partial charge in [0.25, 0.3) is 0 Å². The molecule has 0 radical (unpaired) electrons. The van der Waals surface area contributed by atoms with Crippen LogP contribution in [0.1, 0.15) is 11.7 Å². The fourth-order valence-corrected chi connectivity index (χ4v) is 2.91. The fourth-order valence-electron chi connectivity index (χ4n) is 2.91. The average Bonchev–Trinajstić information content (AvgIpc) is 3.35. The van der Waals surface area contributed by atoms with Crippen LogP contribution in [0.2, 0.25) is 0 Å². The van der Waals surface area contributed by atoms with E-state index in [1.807, 2.05) is 53.2 Å². The van der Waals surface area contributed by atoms with Gasteiger partial charge >= 0.3 is 0 Å². The lowest BCUT2D eigenvalue weighted by Gasteiger charge is -2.08. The maximum atomic E-state index is 5.29. The Morgan fingerprint density at radius 3 is 2.70 bits per heavy atom. The molecule has 136 valence electrons. The molecule has 0 N–H and O–H groups in total. The lowest BCUT2D eigenvalue weighted by atomic mass is 10.1. The molecule has 0 unspecified atom stereocenters. The predicted octanol–water partition coefficient (Wildman–Crippen LogP) is 3.23. The molecular weight excluding hydrogens is 342 g/mol. The van der Waals surface area contributed by atoms with Crippen LogP contribution in [0.15, 0.2) is 65.7 Å². The summed E-state index contributed by atoms with van der Waals surface area (Å²) in [5.41, 5.74) is 3.89. The Morgan fingerprint density at radius 1 is 1.07 bits per heavy atom. The molecule has 1 aromatic carbocycles. The molecule has 7 heteroatoms. The Kier molecular flexibility index (Phi) is 5.02. The van der Waals surface area contributed by atoms with Crippen LogP contribution in [0.25, 0.3) is 22.5 Å². The number of ether oxygens (including phenoxy) is 1. The normalized spacial score (nSPS) is 11.0. The molecule has 0 saturated carbocycles. The third kappa shape index (κ3) is 3.78. The first-order valence-corrected chi connectivity index (χ1v) is 8.66. The average molecular weight is 361 g/mol. The van der Waals surface area contributed by atoms with Gasteiger partial charge in [0.05, 0.1) is 37.3 Å². The van der Waals surface area contributed by atoms with Crippen LogP contribution < -0.4 is 0 Å². The number of hydrogen-bond donors (Lipinski definition) is 0. The molecule has 4 rings (SSSR count). The van der Waals surface area contributed by atoms with E-state index in [1.165, 1.54) is 0 Å². The zero-order chi connectivity index (χ0) is 18.5. The number of hydrogen-bond acceptors (Lipinski definition) is 6. The molecule has 0 aliphatic rings. The summed E-state index contributed by atoms with van der Waals surface area (Å²) in [7, 11) is 1.65. The largest absolute Gasteiger partial charge is 0.384 e. The molecule has 0 aliphatic heterocycles. The van der Waals surface area contributed by atoms with Gasteiger partial charge in [0.1, 0.15) is 0 Å². The SMILES string of the molecule is COCCc1nc(Cn2cnc(-c3ccccc3)c2-c2cccnc2)no1. The molecule has 4 aromatic rings. The fraction of sp³-hybridized carbons (Fsp3) is 0.200. The Morgan fingerprint density at radius 2 is 1.93 bits per heavy atom. The van der Waals surface area contributed by atoms with E-state index < -0.39 is 0 Å². The molecule has 0 spiro atoms. The van der Waals surface area contributed by atoms with E-state index >= 15 is 0 Å². The summed E-state index contributed by atoms with van der Waals surface area (Å²) in [6.45, 7) is 1.01.